The molecule has 4 heteroatoms. The van der Waals surface area contributed by atoms with Crippen molar-refractivity contribution < 1.29 is 10.2 Å². The minimum absolute atomic E-state index is 0.212. The van der Waals surface area contributed by atoms with E-state index in [1.165, 1.54) is 10.9 Å². The van der Waals surface area contributed by atoms with Gasteiger partial charge in [0.2, 0.25) is 0 Å². The Hall–Kier alpha value is -1.36. The van der Waals surface area contributed by atoms with Crippen LogP contribution in [-0.2, 0) is 13.1 Å². The predicted molar refractivity (Wildman–Crippen MR) is 72.4 cm³/mol. The lowest BCUT2D eigenvalue weighted by Crippen LogP contribution is -2.19. The molecule has 0 aliphatic rings. The average Bonchev–Trinajstić information content (AvgIpc) is 2.80. The molecule has 0 aliphatic heterocycles. The van der Waals surface area contributed by atoms with Crippen molar-refractivity contribution in [3.63, 3.8) is 0 Å². The summed E-state index contributed by atoms with van der Waals surface area (Å²) in [6.07, 6.45) is 1.25. The lowest BCUT2D eigenvalue weighted by molar-refractivity contribution is 0.0822. The predicted octanol–water partition coefficient (Wildman–Crippen LogP) is 1.10. The van der Waals surface area contributed by atoms with E-state index in [0.29, 0.717) is 6.54 Å². The summed E-state index contributed by atoms with van der Waals surface area (Å²) in [6.45, 7) is 4.09. The highest BCUT2D eigenvalue weighted by atomic mass is 16.3. The number of aliphatic hydroxyl groups excluding tert-OH is 2. The van der Waals surface area contributed by atoms with Crippen LogP contribution in [0.2, 0.25) is 0 Å². The quantitative estimate of drug-likeness (QED) is 0.717. The maximum atomic E-state index is 9.52. The number of hydrogen-bond donors (Lipinski definition) is 3. The fraction of sp³-hybridized carbons (Fsp3) is 0.429. The van der Waals surface area contributed by atoms with Gasteiger partial charge in [0, 0.05) is 23.6 Å². The van der Waals surface area contributed by atoms with Gasteiger partial charge in [-0.2, -0.15) is 0 Å². The van der Waals surface area contributed by atoms with Gasteiger partial charge in [-0.05, 0) is 24.2 Å². The number of nitrogens with zero attached hydrogens (tertiary/aromatic N) is 1. The topological polar surface area (TPSA) is 57.4 Å². The minimum atomic E-state index is -0.710. The van der Waals surface area contributed by atoms with Crippen molar-refractivity contribution in [2.24, 2.45) is 0 Å². The second kappa shape index (κ2) is 6.00. The Bertz CT molecular complexity index is 507. The van der Waals surface area contributed by atoms with Crippen LogP contribution >= 0.6 is 0 Å². The summed E-state index contributed by atoms with van der Waals surface area (Å²) < 4.78 is 1.98. The molecule has 0 spiro atoms. The number of aliphatic hydroxyl groups is 2. The van der Waals surface area contributed by atoms with Gasteiger partial charge >= 0.3 is 0 Å². The minimum Gasteiger partial charge on any atom is -0.394 e. The third kappa shape index (κ3) is 2.72. The highest BCUT2D eigenvalue weighted by molar-refractivity contribution is 5.83. The fourth-order valence-corrected chi connectivity index (χ4v) is 2.14. The van der Waals surface area contributed by atoms with Crippen LogP contribution in [0.15, 0.2) is 30.5 Å². The lowest BCUT2D eigenvalue weighted by atomic mass is 10.1. The van der Waals surface area contributed by atoms with E-state index in [4.69, 9.17) is 5.11 Å². The highest BCUT2D eigenvalue weighted by Crippen LogP contribution is 2.20. The zero-order valence-corrected chi connectivity index (χ0v) is 10.6. The number of rotatable bonds is 6. The summed E-state index contributed by atoms with van der Waals surface area (Å²) in [4.78, 5) is 0. The molecule has 3 N–H and O–H groups in total. The van der Waals surface area contributed by atoms with Crippen LogP contribution in [0, 0.1) is 0 Å². The molecule has 0 saturated heterocycles. The molecule has 1 atom stereocenters. The molecule has 18 heavy (non-hydrogen) atoms. The molecule has 0 saturated carbocycles. The van der Waals surface area contributed by atoms with Gasteiger partial charge in [-0.3, -0.25) is 0 Å². The Morgan fingerprint density at radius 3 is 2.89 bits per heavy atom. The molecule has 2 rings (SSSR count). The van der Waals surface area contributed by atoms with Crippen LogP contribution in [0.25, 0.3) is 10.9 Å². The van der Waals surface area contributed by atoms with Crippen molar-refractivity contribution in [2.75, 3.05) is 13.2 Å². The summed E-state index contributed by atoms with van der Waals surface area (Å²) in [5.74, 6) is 0. The second-order valence-corrected chi connectivity index (χ2v) is 4.43. The molecular weight excluding hydrogens is 228 g/mol. The van der Waals surface area contributed by atoms with Crippen molar-refractivity contribution in [2.45, 2.75) is 26.1 Å². The van der Waals surface area contributed by atoms with Gasteiger partial charge in [0.05, 0.1) is 19.3 Å². The van der Waals surface area contributed by atoms with Crippen LogP contribution < -0.4 is 5.32 Å². The molecule has 1 aromatic heterocycles. The zero-order chi connectivity index (χ0) is 13.0. The van der Waals surface area contributed by atoms with Crippen LogP contribution in [0.5, 0.6) is 0 Å². The summed E-state index contributed by atoms with van der Waals surface area (Å²) >= 11 is 0. The Kier molecular flexibility index (Phi) is 4.36. The van der Waals surface area contributed by atoms with E-state index in [1.54, 1.807) is 0 Å². The Morgan fingerprint density at radius 1 is 1.33 bits per heavy atom. The molecule has 98 valence electrons. The summed E-state index contributed by atoms with van der Waals surface area (Å²) in [7, 11) is 0. The van der Waals surface area contributed by atoms with E-state index >= 15 is 0 Å². The molecule has 4 nitrogen and oxygen atoms in total. The SMILES string of the molecule is CCNCc1cccc2c1ccn2CC(O)CO. The van der Waals surface area contributed by atoms with E-state index < -0.39 is 6.10 Å². The second-order valence-electron chi connectivity index (χ2n) is 4.43. The van der Waals surface area contributed by atoms with Gasteiger partial charge in [-0.25, -0.2) is 0 Å². The number of nitrogens with one attached hydrogen (secondary N) is 1. The molecule has 0 radical (unpaired) electrons. The largest absolute Gasteiger partial charge is 0.394 e. The molecule has 1 unspecified atom stereocenters. The van der Waals surface area contributed by atoms with Crippen molar-refractivity contribution in [3.05, 3.63) is 36.0 Å². The van der Waals surface area contributed by atoms with Gasteiger partial charge in [-0.1, -0.05) is 19.1 Å². The van der Waals surface area contributed by atoms with Crippen LogP contribution in [0.4, 0.5) is 0 Å². The Morgan fingerprint density at radius 2 is 2.17 bits per heavy atom. The molecule has 0 fully saturated rings. The van der Waals surface area contributed by atoms with Gasteiger partial charge < -0.3 is 20.1 Å². The highest BCUT2D eigenvalue weighted by Gasteiger charge is 2.08. The molecule has 2 aromatic rings. The fourth-order valence-electron chi connectivity index (χ4n) is 2.14. The van der Waals surface area contributed by atoms with Gasteiger partial charge in [-0.15, -0.1) is 0 Å². The van der Waals surface area contributed by atoms with E-state index in [0.717, 1.165) is 18.6 Å². The first-order valence-corrected chi connectivity index (χ1v) is 6.32. The maximum absolute atomic E-state index is 9.52. The third-order valence-corrected chi connectivity index (χ3v) is 3.09. The third-order valence-electron chi connectivity index (χ3n) is 3.09. The Balaban J connectivity index is 2.29. The van der Waals surface area contributed by atoms with Crippen molar-refractivity contribution >= 4 is 10.9 Å². The Labute approximate surface area is 107 Å². The van der Waals surface area contributed by atoms with Gasteiger partial charge in [0.15, 0.2) is 0 Å². The molecule has 1 heterocycles. The monoisotopic (exact) mass is 248 g/mol. The van der Waals surface area contributed by atoms with Gasteiger partial charge in [0.25, 0.3) is 0 Å². The normalized spacial score (nSPS) is 13.1. The molecule has 0 bridgehead atoms. The van der Waals surface area contributed by atoms with Crippen LogP contribution in [0.1, 0.15) is 12.5 Å². The van der Waals surface area contributed by atoms with E-state index in [-0.39, 0.29) is 6.61 Å². The first-order valence-electron chi connectivity index (χ1n) is 6.32. The van der Waals surface area contributed by atoms with Crippen molar-refractivity contribution in [1.82, 2.24) is 9.88 Å². The summed E-state index contributed by atoms with van der Waals surface area (Å²) in [5.41, 5.74) is 2.35. The summed E-state index contributed by atoms with van der Waals surface area (Å²) in [6, 6.07) is 8.23. The molecule has 0 aliphatic carbocycles. The van der Waals surface area contributed by atoms with Crippen LogP contribution in [-0.4, -0.2) is 34.0 Å². The van der Waals surface area contributed by atoms with E-state index in [9.17, 15) is 5.11 Å². The van der Waals surface area contributed by atoms with Crippen LogP contribution in [0.3, 0.4) is 0 Å². The molecular formula is C14H20N2O2. The summed E-state index contributed by atoms with van der Waals surface area (Å²) in [5, 5.41) is 22.9. The van der Waals surface area contributed by atoms with E-state index in [2.05, 4.69) is 24.4 Å². The van der Waals surface area contributed by atoms with Gasteiger partial charge in [0.1, 0.15) is 0 Å². The number of hydrogen-bond acceptors (Lipinski definition) is 3. The van der Waals surface area contributed by atoms with Crippen molar-refractivity contribution in [1.29, 1.82) is 0 Å². The standard InChI is InChI=1S/C14H20N2O2/c1-2-15-8-11-4-3-5-14-13(11)6-7-16(14)9-12(18)10-17/h3-7,12,15,17-18H,2,8-10H2,1H3. The maximum Gasteiger partial charge on any atom is 0.0949 e. The number of benzene rings is 1. The number of aromatic nitrogens is 1. The first kappa shape index (κ1) is 13.1. The zero-order valence-electron chi connectivity index (χ0n) is 10.6. The van der Waals surface area contributed by atoms with E-state index in [1.807, 2.05) is 22.9 Å². The number of fused-ring (bicyclic) bond motifs is 1. The lowest BCUT2D eigenvalue weighted by Gasteiger charge is -2.10. The smallest absolute Gasteiger partial charge is 0.0949 e. The molecule has 0 amide bonds. The first-order chi connectivity index (χ1) is 8.76. The van der Waals surface area contributed by atoms with Crippen molar-refractivity contribution in [3.8, 4) is 0 Å². The average molecular weight is 248 g/mol. The molecule has 1 aromatic carbocycles.